The summed E-state index contributed by atoms with van der Waals surface area (Å²) in [6.07, 6.45) is -3.36. The lowest BCUT2D eigenvalue weighted by atomic mass is 10.0. The molecular formula is C36H52O6Si. The van der Waals surface area contributed by atoms with Crippen LogP contribution in [0, 0.1) is 0 Å². The minimum Gasteiger partial charge on any atom is -0.413 e. The van der Waals surface area contributed by atoms with Crippen molar-refractivity contribution in [2.75, 3.05) is 13.2 Å². The van der Waals surface area contributed by atoms with Crippen LogP contribution in [0.15, 0.2) is 91.0 Å². The first kappa shape index (κ1) is 35.1. The second kappa shape index (κ2) is 17.8. The second-order valence-corrected chi connectivity index (χ2v) is 17.7. The standard InChI is InChI=1S/C36H52O6Si/c1-27(2)43(28(3)4,29(5)6)42-26-34(39-23-30-16-10-7-11-17-30)36(41-25-32-20-14-9-15-21-32)35(33(38)22-37)40-24-31-18-12-8-13-19-31/h7-21,27-29,33-38H,22-26H2,1-6H3/t33?,34-,35+,36-/m1/s1. The summed E-state index contributed by atoms with van der Waals surface area (Å²) in [5, 5.41) is 21.3. The Morgan fingerprint density at radius 2 is 0.930 bits per heavy atom. The summed E-state index contributed by atoms with van der Waals surface area (Å²) >= 11 is 0. The average Bonchev–Trinajstić information content (AvgIpc) is 3.01. The number of benzene rings is 3. The first-order valence-corrected chi connectivity index (χ1v) is 17.7. The van der Waals surface area contributed by atoms with E-state index in [9.17, 15) is 10.2 Å². The maximum atomic E-state index is 11.1. The third-order valence-corrected chi connectivity index (χ3v) is 14.4. The van der Waals surface area contributed by atoms with Crippen molar-refractivity contribution in [3.8, 4) is 0 Å². The van der Waals surface area contributed by atoms with Crippen LogP contribution >= 0.6 is 0 Å². The third kappa shape index (κ3) is 10.1. The highest BCUT2D eigenvalue weighted by Crippen LogP contribution is 2.42. The third-order valence-electron chi connectivity index (χ3n) is 8.34. The van der Waals surface area contributed by atoms with E-state index in [1.54, 1.807) is 0 Å². The lowest BCUT2D eigenvalue weighted by molar-refractivity contribution is -0.190. The highest BCUT2D eigenvalue weighted by atomic mass is 28.4. The Bertz CT molecular complexity index is 1120. The summed E-state index contributed by atoms with van der Waals surface area (Å²) in [5.41, 5.74) is 4.14. The number of ether oxygens (including phenoxy) is 3. The van der Waals surface area contributed by atoms with Gasteiger partial charge in [-0.05, 0) is 33.3 Å². The van der Waals surface area contributed by atoms with Crippen molar-refractivity contribution in [1.29, 1.82) is 0 Å². The molecule has 0 fully saturated rings. The summed E-state index contributed by atoms with van der Waals surface area (Å²) in [6.45, 7) is 14.3. The molecule has 1 unspecified atom stereocenters. The van der Waals surface area contributed by atoms with Gasteiger partial charge in [-0.2, -0.15) is 0 Å². The molecule has 0 bridgehead atoms. The highest BCUT2D eigenvalue weighted by molar-refractivity contribution is 6.77. The van der Waals surface area contributed by atoms with Crippen molar-refractivity contribution in [2.45, 2.75) is 102 Å². The smallest absolute Gasteiger partial charge is 0.200 e. The first-order chi connectivity index (χ1) is 20.7. The molecule has 0 aliphatic carbocycles. The van der Waals surface area contributed by atoms with Crippen LogP contribution in [-0.2, 0) is 38.5 Å². The highest BCUT2D eigenvalue weighted by Gasteiger charge is 2.47. The quantitative estimate of drug-likeness (QED) is 0.139. The van der Waals surface area contributed by atoms with Gasteiger partial charge in [0.05, 0.1) is 33.0 Å². The molecule has 4 atom stereocenters. The molecule has 0 saturated carbocycles. The fourth-order valence-electron chi connectivity index (χ4n) is 6.22. The van der Waals surface area contributed by atoms with Crippen molar-refractivity contribution >= 4 is 8.32 Å². The van der Waals surface area contributed by atoms with Crippen LogP contribution in [0.3, 0.4) is 0 Å². The number of aliphatic hydroxyl groups is 2. The zero-order valence-electron chi connectivity index (χ0n) is 26.8. The van der Waals surface area contributed by atoms with E-state index in [2.05, 4.69) is 41.5 Å². The molecule has 0 aliphatic heterocycles. The fourth-order valence-corrected chi connectivity index (χ4v) is 11.7. The van der Waals surface area contributed by atoms with E-state index in [-0.39, 0.29) is 13.2 Å². The minimum atomic E-state index is -2.26. The Labute approximate surface area is 260 Å². The summed E-state index contributed by atoms with van der Waals surface area (Å²) < 4.78 is 26.7. The van der Waals surface area contributed by atoms with E-state index in [4.69, 9.17) is 18.6 Å². The Morgan fingerprint density at radius 1 is 0.558 bits per heavy atom. The van der Waals surface area contributed by atoms with Gasteiger partial charge < -0.3 is 28.8 Å². The Hall–Kier alpha value is -2.36. The van der Waals surface area contributed by atoms with Crippen LogP contribution in [0.2, 0.25) is 16.6 Å². The molecule has 6 nitrogen and oxygen atoms in total. The summed E-state index contributed by atoms with van der Waals surface area (Å²) in [7, 11) is -2.26. The Kier molecular flexibility index (Phi) is 14.5. The van der Waals surface area contributed by atoms with Crippen molar-refractivity contribution < 1.29 is 28.8 Å². The van der Waals surface area contributed by atoms with E-state index < -0.39 is 39.3 Å². The molecule has 7 heteroatoms. The molecule has 0 saturated heterocycles. The van der Waals surface area contributed by atoms with Gasteiger partial charge in [0, 0.05) is 0 Å². The zero-order chi connectivity index (χ0) is 31.2. The molecule has 3 rings (SSSR count). The average molecular weight is 609 g/mol. The van der Waals surface area contributed by atoms with Crippen molar-refractivity contribution in [2.24, 2.45) is 0 Å². The van der Waals surface area contributed by atoms with E-state index in [0.29, 0.717) is 29.8 Å². The van der Waals surface area contributed by atoms with Gasteiger partial charge >= 0.3 is 0 Å². The van der Waals surface area contributed by atoms with Gasteiger partial charge in [-0.1, -0.05) is 133 Å². The molecule has 3 aromatic carbocycles. The van der Waals surface area contributed by atoms with Crippen molar-refractivity contribution in [1.82, 2.24) is 0 Å². The molecule has 236 valence electrons. The molecule has 3 aromatic rings. The zero-order valence-corrected chi connectivity index (χ0v) is 27.8. The van der Waals surface area contributed by atoms with E-state index in [1.165, 1.54) is 0 Å². The molecule has 0 radical (unpaired) electrons. The molecule has 0 aliphatic rings. The lowest BCUT2D eigenvalue weighted by Crippen LogP contribution is -2.54. The van der Waals surface area contributed by atoms with Gasteiger partial charge in [0.25, 0.3) is 0 Å². The largest absolute Gasteiger partial charge is 0.413 e. The van der Waals surface area contributed by atoms with Gasteiger partial charge in [-0.25, -0.2) is 0 Å². The van der Waals surface area contributed by atoms with E-state index in [1.807, 2.05) is 91.0 Å². The predicted octanol–water partition coefficient (Wildman–Crippen LogP) is 7.29. The summed E-state index contributed by atoms with van der Waals surface area (Å²) in [4.78, 5) is 0. The molecular weight excluding hydrogens is 556 g/mol. The predicted molar refractivity (Wildman–Crippen MR) is 175 cm³/mol. The minimum absolute atomic E-state index is 0.253. The van der Waals surface area contributed by atoms with Gasteiger partial charge in [-0.3, -0.25) is 0 Å². The first-order valence-electron chi connectivity index (χ1n) is 15.6. The van der Waals surface area contributed by atoms with Gasteiger partial charge in [-0.15, -0.1) is 0 Å². The van der Waals surface area contributed by atoms with Crippen LogP contribution in [0.25, 0.3) is 0 Å². The summed E-state index contributed by atoms with van der Waals surface area (Å²) in [6, 6.07) is 29.7. The topological polar surface area (TPSA) is 77.4 Å². The Morgan fingerprint density at radius 3 is 1.30 bits per heavy atom. The normalized spacial score (nSPS) is 15.1. The SMILES string of the molecule is CC(C)[Si](OC[C@@H](OCc1ccccc1)[C@@H](OCc1ccccc1)[C@@H](OCc1ccccc1)C(O)CO)(C(C)C)C(C)C. The number of hydrogen-bond donors (Lipinski definition) is 2. The maximum absolute atomic E-state index is 11.1. The van der Waals surface area contributed by atoms with Crippen molar-refractivity contribution in [3.05, 3.63) is 108 Å². The van der Waals surface area contributed by atoms with Gasteiger partial charge in [0.2, 0.25) is 0 Å². The van der Waals surface area contributed by atoms with Crippen LogP contribution in [0.5, 0.6) is 0 Å². The fraction of sp³-hybridized carbons (Fsp3) is 0.500. The monoisotopic (exact) mass is 608 g/mol. The number of rotatable bonds is 19. The lowest BCUT2D eigenvalue weighted by Gasteiger charge is -2.44. The van der Waals surface area contributed by atoms with Crippen LogP contribution in [-0.4, -0.2) is 56.2 Å². The molecule has 2 N–H and O–H groups in total. The van der Waals surface area contributed by atoms with Crippen LogP contribution in [0.1, 0.15) is 58.2 Å². The molecule has 43 heavy (non-hydrogen) atoms. The van der Waals surface area contributed by atoms with Gasteiger partial charge in [0.1, 0.15) is 24.4 Å². The molecule has 0 spiro atoms. The van der Waals surface area contributed by atoms with Gasteiger partial charge in [0.15, 0.2) is 8.32 Å². The maximum Gasteiger partial charge on any atom is 0.200 e. The molecule has 0 aromatic heterocycles. The second-order valence-electron chi connectivity index (χ2n) is 12.2. The van der Waals surface area contributed by atoms with Crippen molar-refractivity contribution in [3.63, 3.8) is 0 Å². The Balaban J connectivity index is 2.00. The summed E-state index contributed by atoms with van der Waals surface area (Å²) in [5.74, 6) is 0. The molecule has 0 amide bonds. The number of hydrogen-bond acceptors (Lipinski definition) is 6. The molecule has 0 heterocycles. The van der Waals surface area contributed by atoms with E-state index in [0.717, 1.165) is 16.7 Å². The number of aliphatic hydroxyl groups excluding tert-OH is 2. The van der Waals surface area contributed by atoms with Crippen LogP contribution in [0.4, 0.5) is 0 Å². The van der Waals surface area contributed by atoms with Crippen LogP contribution < -0.4 is 0 Å². The van der Waals surface area contributed by atoms with E-state index >= 15 is 0 Å².